The van der Waals surface area contributed by atoms with E-state index in [4.69, 9.17) is 16.8 Å². The largest absolute Gasteiger partial charge is 0.411 e. The predicted octanol–water partition coefficient (Wildman–Crippen LogP) is 1.85. The summed E-state index contributed by atoms with van der Waals surface area (Å²) in [6, 6.07) is 3.38. The molecule has 3 nitrogen and oxygen atoms in total. The Kier molecular flexibility index (Phi) is 2.44. The standard InChI is InChI=1S/C7H7ClN2O/c1-5-6(4-9-11)2-3-7(8)10-5/h2-4,11H,1H3/b9-4+. The first-order chi connectivity index (χ1) is 5.24. The highest BCUT2D eigenvalue weighted by Crippen LogP contribution is 2.08. The minimum atomic E-state index is 0.442. The molecular weight excluding hydrogens is 164 g/mol. The number of hydrogen-bond acceptors (Lipinski definition) is 3. The summed E-state index contributed by atoms with van der Waals surface area (Å²) in [6.45, 7) is 1.79. The number of rotatable bonds is 1. The summed E-state index contributed by atoms with van der Waals surface area (Å²) in [4.78, 5) is 3.96. The molecule has 0 aromatic carbocycles. The Morgan fingerprint density at radius 3 is 2.91 bits per heavy atom. The molecule has 0 fully saturated rings. The molecule has 0 aliphatic carbocycles. The lowest BCUT2D eigenvalue weighted by molar-refractivity contribution is 0.322. The second kappa shape index (κ2) is 3.34. The Morgan fingerprint density at radius 1 is 1.64 bits per heavy atom. The number of hydrogen-bond donors (Lipinski definition) is 1. The van der Waals surface area contributed by atoms with Crippen LogP contribution in [0.25, 0.3) is 0 Å². The highest BCUT2D eigenvalue weighted by molar-refractivity contribution is 6.29. The van der Waals surface area contributed by atoms with Gasteiger partial charge in [-0.3, -0.25) is 0 Å². The van der Waals surface area contributed by atoms with Crippen LogP contribution in [0.15, 0.2) is 17.3 Å². The molecule has 0 saturated carbocycles. The first-order valence-corrected chi connectivity index (χ1v) is 3.42. The van der Waals surface area contributed by atoms with E-state index in [1.54, 1.807) is 19.1 Å². The van der Waals surface area contributed by atoms with E-state index in [1.165, 1.54) is 6.21 Å². The van der Waals surface area contributed by atoms with Crippen LogP contribution >= 0.6 is 11.6 Å². The van der Waals surface area contributed by atoms with Crippen molar-refractivity contribution in [1.82, 2.24) is 4.98 Å². The summed E-state index contributed by atoms with van der Waals surface area (Å²) in [5, 5.41) is 11.6. The Labute approximate surface area is 69.3 Å². The van der Waals surface area contributed by atoms with Crippen LogP contribution < -0.4 is 0 Å². The lowest BCUT2D eigenvalue weighted by Gasteiger charge is -1.96. The third-order valence-corrected chi connectivity index (χ3v) is 1.50. The maximum atomic E-state index is 8.22. The van der Waals surface area contributed by atoms with Gasteiger partial charge in [-0.05, 0) is 19.1 Å². The number of aryl methyl sites for hydroxylation is 1. The molecule has 1 aromatic rings. The first kappa shape index (κ1) is 8.01. The summed E-state index contributed by atoms with van der Waals surface area (Å²) in [7, 11) is 0. The van der Waals surface area contributed by atoms with Crippen LogP contribution in [0.3, 0.4) is 0 Å². The molecule has 58 valence electrons. The Hall–Kier alpha value is -1.09. The zero-order valence-electron chi connectivity index (χ0n) is 5.95. The molecule has 0 bridgehead atoms. The Bertz CT molecular complexity index is 286. The van der Waals surface area contributed by atoms with Crippen molar-refractivity contribution in [3.8, 4) is 0 Å². The van der Waals surface area contributed by atoms with Crippen LogP contribution in [0, 0.1) is 6.92 Å². The van der Waals surface area contributed by atoms with E-state index >= 15 is 0 Å². The summed E-state index contributed by atoms with van der Waals surface area (Å²) < 4.78 is 0. The topological polar surface area (TPSA) is 45.5 Å². The Morgan fingerprint density at radius 2 is 2.36 bits per heavy atom. The van der Waals surface area contributed by atoms with E-state index in [9.17, 15) is 0 Å². The van der Waals surface area contributed by atoms with Gasteiger partial charge in [0.25, 0.3) is 0 Å². The van der Waals surface area contributed by atoms with Crippen molar-refractivity contribution in [2.75, 3.05) is 0 Å². The molecule has 4 heteroatoms. The lowest BCUT2D eigenvalue weighted by atomic mass is 10.2. The number of pyridine rings is 1. The molecule has 0 aliphatic rings. The number of halogens is 1. The van der Waals surface area contributed by atoms with Gasteiger partial charge in [-0.1, -0.05) is 16.8 Å². The lowest BCUT2D eigenvalue weighted by Crippen LogP contribution is -1.90. The maximum absolute atomic E-state index is 8.22. The van der Waals surface area contributed by atoms with Gasteiger partial charge in [-0.25, -0.2) is 4.98 Å². The molecule has 1 N–H and O–H groups in total. The van der Waals surface area contributed by atoms with Crippen molar-refractivity contribution in [2.24, 2.45) is 5.16 Å². The van der Waals surface area contributed by atoms with E-state index in [2.05, 4.69) is 10.1 Å². The van der Waals surface area contributed by atoms with Crippen LogP contribution in [0.1, 0.15) is 11.3 Å². The minimum absolute atomic E-state index is 0.442. The third-order valence-electron chi connectivity index (χ3n) is 1.29. The highest BCUT2D eigenvalue weighted by atomic mass is 35.5. The summed E-state index contributed by atoms with van der Waals surface area (Å²) in [6.07, 6.45) is 1.32. The van der Waals surface area contributed by atoms with Crippen LogP contribution in [0.2, 0.25) is 5.15 Å². The first-order valence-electron chi connectivity index (χ1n) is 3.04. The molecule has 1 rings (SSSR count). The minimum Gasteiger partial charge on any atom is -0.411 e. The second-order valence-corrected chi connectivity index (χ2v) is 2.44. The van der Waals surface area contributed by atoms with Gasteiger partial charge >= 0.3 is 0 Å². The van der Waals surface area contributed by atoms with Crippen molar-refractivity contribution < 1.29 is 5.21 Å². The number of nitrogens with zero attached hydrogens (tertiary/aromatic N) is 2. The van der Waals surface area contributed by atoms with E-state index < -0.39 is 0 Å². The average Bonchev–Trinajstić information content (AvgIpc) is 1.95. The zero-order valence-corrected chi connectivity index (χ0v) is 6.71. The van der Waals surface area contributed by atoms with E-state index in [1.807, 2.05) is 0 Å². The van der Waals surface area contributed by atoms with Crippen molar-refractivity contribution in [3.05, 3.63) is 28.5 Å². The fraction of sp³-hybridized carbons (Fsp3) is 0.143. The average molecular weight is 171 g/mol. The van der Waals surface area contributed by atoms with E-state index in [0.29, 0.717) is 5.15 Å². The van der Waals surface area contributed by atoms with Crippen LogP contribution in [0.5, 0.6) is 0 Å². The summed E-state index contributed by atoms with van der Waals surface area (Å²) in [5.41, 5.74) is 1.51. The molecule has 0 radical (unpaired) electrons. The third kappa shape index (κ3) is 1.91. The van der Waals surface area contributed by atoms with Crippen LogP contribution in [-0.2, 0) is 0 Å². The van der Waals surface area contributed by atoms with Gasteiger partial charge < -0.3 is 5.21 Å². The normalized spacial score (nSPS) is 10.7. The van der Waals surface area contributed by atoms with Crippen molar-refractivity contribution in [2.45, 2.75) is 6.92 Å². The van der Waals surface area contributed by atoms with Gasteiger partial charge in [0.2, 0.25) is 0 Å². The molecule has 0 unspecified atom stereocenters. The van der Waals surface area contributed by atoms with Crippen molar-refractivity contribution in [3.63, 3.8) is 0 Å². The molecule has 0 saturated heterocycles. The SMILES string of the molecule is Cc1nc(Cl)ccc1/C=N/O. The van der Waals surface area contributed by atoms with Crippen molar-refractivity contribution in [1.29, 1.82) is 0 Å². The summed E-state index contributed by atoms with van der Waals surface area (Å²) >= 11 is 5.60. The molecule has 0 amide bonds. The fourth-order valence-corrected chi connectivity index (χ4v) is 0.930. The van der Waals surface area contributed by atoms with Gasteiger partial charge in [-0.2, -0.15) is 0 Å². The maximum Gasteiger partial charge on any atom is 0.129 e. The molecule has 0 aliphatic heterocycles. The summed E-state index contributed by atoms with van der Waals surface area (Å²) in [5.74, 6) is 0. The molecule has 1 heterocycles. The predicted molar refractivity (Wildman–Crippen MR) is 43.4 cm³/mol. The molecule has 0 spiro atoms. The molecule has 11 heavy (non-hydrogen) atoms. The van der Waals surface area contributed by atoms with Gasteiger partial charge in [-0.15, -0.1) is 0 Å². The van der Waals surface area contributed by atoms with E-state index in [-0.39, 0.29) is 0 Å². The molecular formula is C7H7ClN2O. The van der Waals surface area contributed by atoms with Gasteiger partial charge in [0.05, 0.1) is 6.21 Å². The smallest absolute Gasteiger partial charge is 0.129 e. The van der Waals surface area contributed by atoms with Crippen LogP contribution in [-0.4, -0.2) is 16.4 Å². The van der Waals surface area contributed by atoms with Gasteiger partial charge in [0.15, 0.2) is 0 Å². The fourth-order valence-electron chi connectivity index (χ4n) is 0.740. The second-order valence-electron chi connectivity index (χ2n) is 2.05. The Balaban J connectivity index is 3.09. The van der Waals surface area contributed by atoms with Gasteiger partial charge in [0.1, 0.15) is 5.15 Å². The zero-order chi connectivity index (χ0) is 8.27. The molecule has 0 atom stereocenters. The highest BCUT2D eigenvalue weighted by Gasteiger charge is 1.96. The van der Waals surface area contributed by atoms with Gasteiger partial charge in [0, 0.05) is 11.3 Å². The van der Waals surface area contributed by atoms with E-state index in [0.717, 1.165) is 11.3 Å². The van der Waals surface area contributed by atoms with Crippen molar-refractivity contribution >= 4 is 17.8 Å². The monoisotopic (exact) mass is 170 g/mol. The quantitative estimate of drug-likeness (QED) is 0.303. The molecule has 1 aromatic heterocycles. The number of aromatic nitrogens is 1. The van der Waals surface area contributed by atoms with Crippen LogP contribution in [0.4, 0.5) is 0 Å². The number of oxime groups is 1.